The fraction of sp³-hybridized carbons (Fsp3) is 0. The molecule has 7 aromatic carbocycles. The van der Waals surface area contributed by atoms with E-state index < -0.39 is 11.6 Å². The van der Waals surface area contributed by atoms with Gasteiger partial charge >= 0.3 is 0 Å². The zero-order valence-electron chi connectivity index (χ0n) is 25.5. The third-order valence-electron chi connectivity index (χ3n) is 9.23. The van der Waals surface area contributed by atoms with Crippen molar-refractivity contribution in [3.05, 3.63) is 169 Å². The molecule has 0 radical (unpaired) electrons. The van der Waals surface area contributed by atoms with E-state index in [2.05, 4.69) is 112 Å². The van der Waals surface area contributed by atoms with Gasteiger partial charge in [-0.25, -0.2) is 8.78 Å². The summed E-state index contributed by atoms with van der Waals surface area (Å²) in [6, 6.07) is 51.1. The summed E-state index contributed by atoms with van der Waals surface area (Å²) in [7, 11) is 0. The Bertz CT molecular complexity index is 2710. The lowest BCUT2D eigenvalue weighted by molar-refractivity contribution is 0.584. The van der Waals surface area contributed by atoms with E-state index in [1.807, 2.05) is 24.3 Å². The molecule has 0 aliphatic carbocycles. The normalized spacial score (nSPS) is 11.5. The van der Waals surface area contributed by atoms with Crippen LogP contribution in [0.15, 0.2) is 152 Å². The maximum atomic E-state index is 14.4. The van der Waals surface area contributed by atoms with Crippen molar-refractivity contribution < 1.29 is 8.78 Å². The van der Waals surface area contributed by atoms with E-state index in [1.54, 1.807) is 12.1 Å². The zero-order chi connectivity index (χ0) is 32.4. The molecular weight excluding hydrogens is 596 g/mol. The minimum absolute atomic E-state index is 0.365. The molecule has 226 valence electrons. The van der Waals surface area contributed by atoms with Crippen molar-refractivity contribution in [2.45, 2.75) is 0 Å². The molecule has 3 nitrogen and oxygen atoms in total. The van der Waals surface area contributed by atoms with E-state index in [0.29, 0.717) is 16.7 Å². The Balaban J connectivity index is 1.24. The average Bonchev–Trinajstić information content (AvgIpc) is 3.64. The molecule has 0 saturated heterocycles. The molecule has 0 aliphatic heterocycles. The molecule has 0 fully saturated rings. The third-order valence-corrected chi connectivity index (χ3v) is 9.23. The highest BCUT2D eigenvalue weighted by Gasteiger charge is 2.18. The fourth-order valence-corrected chi connectivity index (χ4v) is 7.18. The van der Waals surface area contributed by atoms with Crippen molar-refractivity contribution in [1.29, 1.82) is 5.26 Å². The number of hydrogen-bond donors (Lipinski definition) is 0. The van der Waals surface area contributed by atoms with E-state index >= 15 is 0 Å². The first kappa shape index (κ1) is 27.8. The van der Waals surface area contributed by atoms with Crippen LogP contribution in [0.1, 0.15) is 5.56 Å². The molecule has 0 amide bonds. The van der Waals surface area contributed by atoms with Crippen LogP contribution in [-0.2, 0) is 0 Å². The van der Waals surface area contributed by atoms with Crippen LogP contribution in [0.25, 0.3) is 77.2 Å². The Morgan fingerprint density at radius 2 is 1.02 bits per heavy atom. The van der Waals surface area contributed by atoms with Gasteiger partial charge in [0.25, 0.3) is 0 Å². The van der Waals surface area contributed by atoms with E-state index in [0.717, 1.165) is 61.4 Å². The van der Waals surface area contributed by atoms with E-state index in [9.17, 15) is 14.0 Å². The van der Waals surface area contributed by atoms with Crippen LogP contribution in [0.2, 0.25) is 0 Å². The van der Waals surface area contributed by atoms with Crippen LogP contribution in [0.4, 0.5) is 8.78 Å². The first-order chi connectivity index (χ1) is 23.6. The number of fused-ring (bicyclic) bond motifs is 6. The number of benzene rings is 7. The summed E-state index contributed by atoms with van der Waals surface area (Å²) in [5.41, 5.74) is 9.52. The van der Waals surface area contributed by atoms with Crippen molar-refractivity contribution in [2.75, 3.05) is 0 Å². The minimum atomic E-state index is -0.673. The summed E-state index contributed by atoms with van der Waals surface area (Å²) in [6.45, 7) is 0. The predicted molar refractivity (Wildman–Crippen MR) is 191 cm³/mol. The van der Waals surface area contributed by atoms with Crippen LogP contribution < -0.4 is 0 Å². The summed E-state index contributed by atoms with van der Waals surface area (Å²) < 4.78 is 33.3. The number of nitrogens with zero attached hydrogens (tertiary/aromatic N) is 3. The summed E-state index contributed by atoms with van der Waals surface area (Å²) in [5, 5.41) is 14.2. The van der Waals surface area contributed by atoms with Crippen LogP contribution in [0.5, 0.6) is 0 Å². The Hall–Kier alpha value is -6.51. The second kappa shape index (κ2) is 10.8. The second-order valence-corrected chi connectivity index (χ2v) is 12.0. The average molecular weight is 622 g/mol. The van der Waals surface area contributed by atoms with Crippen LogP contribution in [-0.4, -0.2) is 9.13 Å². The molecule has 0 saturated carbocycles. The third kappa shape index (κ3) is 4.31. The Morgan fingerprint density at radius 3 is 1.69 bits per heavy atom. The Morgan fingerprint density at radius 1 is 0.438 bits per heavy atom. The van der Waals surface area contributed by atoms with Gasteiger partial charge in [-0.3, -0.25) is 0 Å². The van der Waals surface area contributed by atoms with Gasteiger partial charge in [-0.1, -0.05) is 72.8 Å². The second-order valence-electron chi connectivity index (χ2n) is 12.0. The molecule has 0 aliphatic rings. The lowest BCUT2D eigenvalue weighted by Gasteiger charge is -2.15. The number of para-hydroxylation sites is 3. The molecule has 48 heavy (non-hydrogen) atoms. The van der Waals surface area contributed by atoms with Gasteiger partial charge in [0, 0.05) is 38.9 Å². The molecular formula is C43H25F2N3. The van der Waals surface area contributed by atoms with Gasteiger partial charge in [0.15, 0.2) is 0 Å². The number of aromatic nitrogens is 2. The van der Waals surface area contributed by atoms with Crippen LogP contribution in [0, 0.1) is 23.0 Å². The fourth-order valence-electron chi connectivity index (χ4n) is 7.18. The number of hydrogen-bond acceptors (Lipinski definition) is 1. The maximum absolute atomic E-state index is 14.4. The largest absolute Gasteiger partial charge is 0.309 e. The summed E-state index contributed by atoms with van der Waals surface area (Å²) in [4.78, 5) is 0. The van der Waals surface area contributed by atoms with Gasteiger partial charge in [-0.2, -0.15) is 5.26 Å². The van der Waals surface area contributed by atoms with Crippen LogP contribution >= 0.6 is 0 Å². The van der Waals surface area contributed by atoms with Crippen molar-refractivity contribution in [1.82, 2.24) is 9.13 Å². The quantitative estimate of drug-likeness (QED) is 0.192. The predicted octanol–water partition coefficient (Wildman–Crippen LogP) is 11.4. The van der Waals surface area contributed by atoms with E-state index in [4.69, 9.17) is 0 Å². The summed E-state index contributed by atoms with van der Waals surface area (Å²) in [6.07, 6.45) is 0. The van der Waals surface area contributed by atoms with Gasteiger partial charge in [-0.05, 0) is 89.5 Å². The highest BCUT2D eigenvalue weighted by Crippen LogP contribution is 2.39. The summed E-state index contributed by atoms with van der Waals surface area (Å²) in [5.74, 6) is -1.35. The zero-order valence-corrected chi connectivity index (χ0v) is 25.5. The SMILES string of the molecule is N#Cc1ccc(-n2c3ccccc3c3cc(-c4cccc(-n5c6ccccc6c6ccccc65)c4)ccc32)c(-c2cc(F)cc(F)c2)c1. The highest BCUT2D eigenvalue weighted by atomic mass is 19.1. The minimum Gasteiger partial charge on any atom is -0.309 e. The molecule has 2 aromatic heterocycles. The van der Waals surface area contributed by atoms with Crippen molar-refractivity contribution >= 4 is 43.6 Å². The van der Waals surface area contributed by atoms with Gasteiger partial charge in [-0.15, -0.1) is 0 Å². The first-order valence-electron chi connectivity index (χ1n) is 15.7. The van der Waals surface area contributed by atoms with Gasteiger partial charge in [0.05, 0.1) is 39.4 Å². The summed E-state index contributed by atoms with van der Waals surface area (Å²) >= 11 is 0. The molecule has 5 heteroatoms. The molecule has 0 spiro atoms. The molecule has 0 N–H and O–H groups in total. The highest BCUT2D eigenvalue weighted by molar-refractivity contribution is 6.11. The lowest BCUT2D eigenvalue weighted by atomic mass is 10.00. The van der Waals surface area contributed by atoms with Crippen LogP contribution in [0.3, 0.4) is 0 Å². The topological polar surface area (TPSA) is 33.6 Å². The van der Waals surface area contributed by atoms with E-state index in [1.165, 1.54) is 22.9 Å². The van der Waals surface area contributed by atoms with Crippen molar-refractivity contribution in [2.24, 2.45) is 0 Å². The molecule has 0 atom stereocenters. The lowest BCUT2D eigenvalue weighted by Crippen LogP contribution is -1.99. The molecule has 2 heterocycles. The van der Waals surface area contributed by atoms with Crippen molar-refractivity contribution in [3.63, 3.8) is 0 Å². The molecule has 0 bridgehead atoms. The molecule has 0 unspecified atom stereocenters. The molecule has 9 aromatic rings. The number of halogens is 2. The van der Waals surface area contributed by atoms with Gasteiger partial charge < -0.3 is 9.13 Å². The smallest absolute Gasteiger partial charge is 0.126 e. The van der Waals surface area contributed by atoms with Gasteiger partial charge in [0.1, 0.15) is 11.6 Å². The number of nitriles is 1. The Kier molecular flexibility index (Phi) is 6.24. The number of rotatable bonds is 4. The van der Waals surface area contributed by atoms with Gasteiger partial charge in [0.2, 0.25) is 0 Å². The van der Waals surface area contributed by atoms with Crippen molar-refractivity contribution in [3.8, 4) is 39.7 Å². The maximum Gasteiger partial charge on any atom is 0.126 e. The Labute approximate surface area is 274 Å². The first-order valence-corrected chi connectivity index (χ1v) is 15.7. The van der Waals surface area contributed by atoms with E-state index in [-0.39, 0.29) is 0 Å². The standard InChI is InChI=1S/C43H25F2N3/c44-31-21-30(22-32(45)25-31)37-20-27(26-46)16-18-42(37)48-41-15-6-3-12-36(41)38-24-29(17-19-43(38)48)28-8-7-9-33(23-28)47-39-13-4-1-10-34(39)35-11-2-5-14-40(35)47/h1-25H. The monoisotopic (exact) mass is 621 g/mol. The molecule has 9 rings (SSSR count).